The van der Waals surface area contributed by atoms with Crippen LogP contribution in [-0.2, 0) is 0 Å². The van der Waals surface area contributed by atoms with Crippen LogP contribution in [0.4, 0.5) is 0 Å². The highest BCUT2D eigenvalue weighted by atomic mass is 127. The van der Waals surface area contributed by atoms with E-state index in [1.165, 1.54) is 35.0 Å². The summed E-state index contributed by atoms with van der Waals surface area (Å²) in [5.74, 6) is 1.40. The van der Waals surface area contributed by atoms with Crippen molar-refractivity contribution in [3.05, 3.63) is 19.9 Å². The van der Waals surface area contributed by atoms with E-state index in [9.17, 15) is 5.11 Å². The van der Waals surface area contributed by atoms with E-state index in [0.717, 1.165) is 11.5 Å². The van der Waals surface area contributed by atoms with Gasteiger partial charge in [-0.3, -0.25) is 0 Å². The van der Waals surface area contributed by atoms with Crippen molar-refractivity contribution in [3.8, 4) is 0 Å². The van der Waals surface area contributed by atoms with Crippen LogP contribution >= 0.6 is 33.9 Å². The fourth-order valence-corrected chi connectivity index (χ4v) is 4.06. The summed E-state index contributed by atoms with van der Waals surface area (Å²) >= 11 is 4.05. The summed E-state index contributed by atoms with van der Waals surface area (Å²) in [6.45, 7) is 2.28. The Labute approximate surface area is 115 Å². The highest BCUT2D eigenvalue weighted by Gasteiger charge is 2.27. The first-order chi connectivity index (χ1) is 7.70. The molecule has 1 heterocycles. The Morgan fingerprint density at radius 2 is 2.12 bits per heavy atom. The highest BCUT2D eigenvalue weighted by Crippen LogP contribution is 2.38. The molecule has 16 heavy (non-hydrogen) atoms. The quantitative estimate of drug-likeness (QED) is 0.790. The molecule has 1 aromatic rings. The largest absolute Gasteiger partial charge is 0.388 e. The zero-order valence-corrected chi connectivity index (χ0v) is 12.6. The molecule has 1 aromatic heterocycles. The average molecular weight is 350 g/mol. The molecule has 1 N–H and O–H groups in total. The third-order valence-corrected chi connectivity index (χ3v) is 5.65. The molecule has 3 heteroatoms. The Hall–Kier alpha value is 0.390. The Balaban J connectivity index is 1.93. The number of hydrogen-bond donors (Lipinski definition) is 1. The zero-order chi connectivity index (χ0) is 11.5. The molecule has 1 aliphatic carbocycles. The zero-order valence-electron chi connectivity index (χ0n) is 9.66. The van der Waals surface area contributed by atoms with Gasteiger partial charge in [0.15, 0.2) is 0 Å². The van der Waals surface area contributed by atoms with Gasteiger partial charge in [0.1, 0.15) is 0 Å². The van der Waals surface area contributed by atoms with Gasteiger partial charge in [0, 0.05) is 0 Å². The van der Waals surface area contributed by atoms with E-state index in [1.807, 2.05) is 0 Å². The van der Waals surface area contributed by atoms with Crippen LogP contribution < -0.4 is 0 Å². The second kappa shape index (κ2) is 5.83. The number of aliphatic hydroxyl groups is 1. The van der Waals surface area contributed by atoms with E-state index in [-0.39, 0.29) is 6.10 Å². The van der Waals surface area contributed by atoms with E-state index in [0.29, 0.717) is 5.92 Å². The molecule has 0 amide bonds. The second-order valence-electron chi connectivity index (χ2n) is 4.82. The van der Waals surface area contributed by atoms with Crippen molar-refractivity contribution >= 4 is 33.9 Å². The van der Waals surface area contributed by atoms with Crippen LogP contribution in [0.5, 0.6) is 0 Å². The van der Waals surface area contributed by atoms with E-state index in [4.69, 9.17) is 0 Å². The van der Waals surface area contributed by atoms with E-state index in [2.05, 4.69) is 41.0 Å². The standard InChI is InChI=1S/C13H19IOS/c1-2-9-3-5-10(6-4-9)13(15)11-7-12(14)16-8-11/h7-10,13,15H,2-6H2,1H3. The van der Waals surface area contributed by atoms with Crippen molar-refractivity contribution < 1.29 is 5.11 Å². The summed E-state index contributed by atoms with van der Waals surface area (Å²) in [5, 5.41) is 12.4. The molecule has 1 nitrogen and oxygen atoms in total. The molecule has 0 spiro atoms. The van der Waals surface area contributed by atoms with Crippen LogP contribution in [0.1, 0.15) is 50.7 Å². The van der Waals surface area contributed by atoms with Gasteiger partial charge in [0.05, 0.1) is 8.99 Å². The lowest BCUT2D eigenvalue weighted by molar-refractivity contribution is 0.0732. The Kier molecular flexibility index (Phi) is 4.67. The molecule has 1 fully saturated rings. The Morgan fingerprint density at radius 1 is 1.44 bits per heavy atom. The first kappa shape index (κ1) is 12.8. The minimum atomic E-state index is -0.224. The van der Waals surface area contributed by atoms with Crippen LogP contribution in [0, 0.1) is 14.7 Å². The van der Waals surface area contributed by atoms with Gasteiger partial charge in [-0.25, -0.2) is 0 Å². The van der Waals surface area contributed by atoms with Crippen molar-refractivity contribution in [2.45, 2.75) is 45.1 Å². The molecular formula is C13H19IOS. The molecule has 0 aromatic carbocycles. The van der Waals surface area contributed by atoms with Gasteiger partial charge in [-0.1, -0.05) is 26.2 Å². The van der Waals surface area contributed by atoms with Crippen LogP contribution in [-0.4, -0.2) is 5.11 Å². The Bertz CT molecular complexity index is 328. The summed E-state index contributed by atoms with van der Waals surface area (Å²) in [6, 6.07) is 2.13. The fourth-order valence-electron chi connectivity index (χ4n) is 2.66. The number of thiophene rings is 1. The van der Waals surface area contributed by atoms with Crippen molar-refractivity contribution in [2.75, 3.05) is 0 Å². The van der Waals surface area contributed by atoms with Gasteiger partial charge in [0.25, 0.3) is 0 Å². The van der Waals surface area contributed by atoms with Gasteiger partial charge in [-0.2, -0.15) is 0 Å². The minimum absolute atomic E-state index is 0.224. The van der Waals surface area contributed by atoms with Crippen molar-refractivity contribution in [2.24, 2.45) is 11.8 Å². The third kappa shape index (κ3) is 2.99. The second-order valence-corrected chi connectivity index (χ2v) is 7.62. The predicted molar refractivity (Wildman–Crippen MR) is 77.7 cm³/mol. The number of halogens is 1. The summed E-state index contributed by atoms with van der Waals surface area (Å²) in [6.07, 6.45) is 6.09. The van der Waals surface area contributed by atoms with Crippen molar-refractivity contribution in [1.29, 1.82) is 0 Å². The molecule has 90 valence electrons. The maximum Gasteiger partial charge on any atom is 0.0826 e. The topological polar surface area (TPSA) is 20.2 Å². The Morgan fingerprint density at radius 3 is 2.62 bits per heavy atom. The van der Waals surface area contributed by atoms with E-state index < -0.39 is 0 Å². The maximum atomic E-state index is 10.3. The van der Waals surface area contributed by atoms with Crippen LogP contribution in [0.3, 0.4) is 0 Å². The van der Waals surface area contributed by atoms with Gasteiger partial charge >= 0.3 is 0 Å². The van der Waals surface area contributed by atoms with E-state index in [1.54, 1.807) is 11.3 Å². The lowest BCUT2D eigenvalue weighted by Gasteiger charge is -2.30. The number of aliphatic hydroxyl groups excluding tert-OH is 1. The van der Waals surface area contributed by atoms with Crippen LogP contribution in [0.15, 0.2) is 11.4 Å². The first-order valence-electron chi connectivity index (χ1n) is 6.12. The number of hydrogen-bond acceptors (Lipinski definition) is 2. The molecule has 0 saturated heterocycles. The van der Waals surface area contributed by atoms with Crippen LogP contribution in [0.25, 0.3) is 0 Å². The lowest BCUT2D eigenvalue weighted by Crippen LogP contribution is -2.19. The molecular weight excluding hydrogens is 331 g/mol. The summed E-state index contributed by atoms with van der Waals surface area (Å²) in [7, 11) is 0. The molecule has 0 aliphatic heterocycles. The highest BCUT2D eigenvalue weighted by molar-refractivity contribution is 14.1. The number of rotatable bonds is 3. The molecule has 0 radical (unpaired) electrons. The molecule has 2 rings (SSSR count). The minimum Gasteiger partial charge on any atom is -0.388 e. The van der Waals surface area contributed by atoms with Gasteiger partial charge in [-0.15, -0.1) is 11.3 Å². The molecule has 1 unspecified atom stereocenters. The average Bonchev–Trinajstić information content (AvgIpc) is 2.75. The third-order valence-electron chi connectivity index (χ3n) is 3.84. The predicted octanol–water partition coefficient (Wildman–Crippen LogP) is 4.60. The molecule has 1 atom stereocenters. The van der Waals surface area contributed by atoms with Gasteiger partial charge in [0.2, 0.25) is 0 Å². The monoisotopic (exact) mass is 350 g/mol. The molecule has 1 saturated carbocycles. The SMILES string of the molecule is CCC1CCC(C(O)c2csc(I)c2)CC1. The van der Waals surface area contributed by atoms with Crippen LogP contribution in [0.2, 0.25) is 0 Å². The smallest absolute Gasteiger partial charge is 0.0826 e. The van der Waals surface area contributed by atoms with Gasteiger partial charge in [-0.05, 0) is 64.3 Å². The summed E-state index contributed by atoms with van der Waals surface area (Å²) in [4.78, 5) is 0. The lowest BCUT2D eigenvalue weighted by atomic mass is 9.77. The fraction of sp³-hybridized carbons (Fsp3) is 0.692. The normalized spacial score (nSPS) is 27.9. The molecule has 1 aliphatic rings. The molecule has 0 bridgehead atoms. The summed E-state index contributed by atoms with van der Waals surface area (Å²) < 4.78 is 1.27. The summed E-state index contributed by atoms with van der Waals surface area (Å²) in [5.41, 5.74) is 1.13. The van der Waals surface area contributed by atoms with Gasteiger partial charge < -0.3 is 5.11 Å². The van der Waals surface area contributed by atoms with E-state index >= 15 is 0 Å². The van der Waals surface area contributed by atoms with Crippen molar-refractivity contribution in [1.82, 2.24) is 0 Å². The maximum absolute atomic E-state index is 10.3. The first-order valence-corrected chi connectivity index (χ1v) is 8.08. The van der Waals surface area contributed by atoms with Crippen molar-refractivity contribution in [3.63, 3.8) is 0 Å².